The second-order valence-electron chi connectivity index (χ2n) is 5.81. The zero-order chi connectivity index (χ0) is 13.2. The molecule has 1 aliphatic carbocycles. The number of anilines is 1. The number of halogens is 1. The van der Waals surface area contributed by atoms with Crippen LogP contribution in [-0.4, -0.2) is 13.2 Å². The summed E-state index contributed by atoms with van der Waals surface area (Å²) in [5.41, 5.74) is 1.51. The number of rotatable bonds is 3. The van der Waals surface area contributed by atoms with Crippen molar-refractivity contribution in [3.05, 3.63) is 22.7 Å². The quantitative estimate of drug-likeness (QED) is 0.862. The molecule has 1 saturated carbocycles. The number of ether oxygens (including phenoxy) is 1. The van der Waals surface area contributed by atoms with Crippen molar-refractivity contribution >= 4 is 21.6 Å². The molecule has 2 rings (SSSR count). The van der Waals surface area contributed by atoms with Crippen molar-refractivity contribution in [1.82, 2.24) is 0 Å². The average molecular weight is 312 g/mol. The third-order valence-electron chi connectivity index (χ3n) is 3.96. The molecule has 0 amide bonds. The molecule has 1 atom stereocenters. The van der Waals surface area contributed by atoms with E-state index in [4.69, 9.17) is 4.74 Å². The second-order valence-corrected chi connectivity index (χ2v) is 6.73. The van der Waals surface area contributed by atoms with Crippen molar-refractivity contribution in [2.75, 3.05) is 12.4 Å². The van der Waals surface area contributed by atoms with Crippen molar-refractivity contribution in [1.29, 1.82) is 0 Å². The summed E-state index contributed by atoms with van der Waals surface area (Å²) in [6.45, 7) is 4.72. The van der Waals surface area contributed by atoms with Crippen molar-refractivity contribution in [3.63, 3.8) is 0 Å². The van der Waals surface area contributed by atoms with E-state index in [0.717, 1.165) is 15.9 Å². The lowest BCUT2D eigenvalue weighted by atomic mass is 9.73. The molecule has 18 heavy (non-hydrogen) atoms. The van der Waals surface area contributed by atoms with Gasteiger partial charge in [-0.05, 0) is 30.4 Å². The first-order valence-corrected chi connectivity index (χ1v) is 7.42. The highest BCUT2D eigenvalue weighted by Gasteiger charge is 2.32. The Morgan fingerprint density at radius 1 is 1.28 bits per heavy atom. The Morgan fingerprint density at radius 3 is 2.72 bits per heavy atom. The highest BCUT2D eigenvalue weighted by atomic mass is 79.9. The molecule has 1 aromatic carbocycles. The van der Waals surface area contributed by atoms with E-state index in [1.165, 1.54) is 25.7 Å². The van der Waals surface area contributed by atoms with Crippen molar-refractivity contribution < 1.29 is 4.74 Å². The van der Waals surface area contributed by atoms with E-state index in [1.807, 2.05) is 6.07 Å². The molecule has 100 valence electrons. The van der Waals surface area contributed by atoms with E-state index in [-0.39, 0.29) is 0 Å². The summed E-state index contributed by atoms with van der Waals surface area (Å²) in [5.74, 6) is 0.889. The van der Waals surface area contributed by atoms with E-state index in [2.05, 4.69) is 47.2 Å². The minimum atomic E-state index is 0.369. The topological polar surface area (TPSA) is 21.3 Å². The predicted octanol–water partition coefficient (Wildman–Crippen LogP) is 4.84. The van der Waals surface area contributed by atoms with Gasteiger partial charge in [0.2, 0.25) is 0 Å². The summed E-state index contributed by atoms with van der Waals surface area (Å²) < 4.78 is 6.36. The summed E-state index contributed by atoms with van der Waals surface area (Å²) in [6.07, 6.45) is 5.23. The molecule has 3 heteroatoms. The van der Waals surface area contributed by atoms with Gasteiger partial charge in [0.1, 0.15) is 5.75 Å². The van der Waals surface area contributed by atoms with E-state index >= 15 is 0 Å². The zero-order valence-electron chi connectivity index (χ0n) is 11.4. The van der Waals surface area contributed by atoms with Crippen LogP contribution in [0.5, 0.6) is 5.75 Å². The van der Waals surface area contributed by atoms with Crippen LogP contribution in [0.2, 0.25) is 0 Å². The Morgan fingerprint density at radius 2 is 2.06 bits per heavy atom. The van der Waals surface area contributed by atoms with Gasteiger partial charge in [0.05, 0.1) is 7.11 Å². The minimum absolute atomic E-state index is 0.369. The molecule has 0 aliphatic heterocycles. The molecule has 0 radical (unpaired) electrons. The highest BCUT2D eigenvalue weighted by molar-refractivity contribution is 9.10. The van der Waals surface area contributed by atoms with Gasteiger partial charge in [0, 0.05) is 22.3 Å². The summed E-state index contributed by atoms with van der Waals surface area (Å²) in [4.78, 5) is 0. The Labute approximate surface area is 118 Å². The first-order valence-electron chi connectivity index (χ1n) is 6.62. The van der Waals surface area contributed by atoms with Gasteiger partial charge in [-0.3, -0.25) is 0 Å². The Kier molecular flexibility index (Phi) is 4.21. The third-order valence-corrected chi connectivity index (χ3v) is 4.41. The second kappa shape index (κ2) is 5.52. The van der Waals surface area contributed by atoms with Gasteiger partial charge in [0.15, 0.2) is 0 Å². The van der Waals surface area contributed by atoms with E-state index in [9.17, 15) is 0 Å². The van der Waals surface area contributed by atoms with Crippen molar-refractivity contribution in [2.24, 2.45) is 5.41 Å². The van der Waals surface area contributed by atoms with Crippen LogP contribution in [0.25, 0.3) is 0 Å². The summed E-state index contributed by atoms with van der Waals surface area (Å²) >= 11 is 3.53. The normalized spacial score (nSPS) is 22.6. The van der Waals surface area contributed by atoms with Gasteiger partial charge in [-0.2, -0.15) is 0 Å². The maximum Gasteiger partial charge on any atom is 0.122 e. The molecule has 0 saturated heterocycles. The Balaban J connectivity index is 2.15. The molecule has 0 spiro atoms. The van der Waals surface area contributed by atoms with Gasteiger partial charge in [0.25, 0.3) is 0 Å². The largest absolute Gasteiger partial charge is 0.497 e. The van der Waals surface area contributed by atoms with Gasteiger partial charge in [-0.15, -0.1) is 0 Å². The van der Waals surface area contributed by atoms with Gasteiger partial charge >= 0.3 is 0 Å². The Hall–Kier alpha value is -0.700. The lowest BCUT2D eigenvalue weighted by molar-refractivity contribution is 0.217. The molecule has 0 aromatic heterocycles. The molecular weight excluding hydrogens is 290 g/mol. The van der Waals surface area contributed by atoms with Crippen LogP contribution in [0.3, 0.4) is 0 Å². The molecule has 1 fully saturated rings. The first-order chi connectivity index (χ1) is 8.51. The number of hydrogen-bond donors (Lipinski definition) is 1. The number of hydrogen-bond acceptors (Lipinski definition) is 2. The lowest BCUT2D eigenvalue weighted by Crippen LogP contribution is -2.38. The summed E-state index contributed by atoms with van der Waals surface area (Å²) in [6, 6.07) is 6.71. The number of nitrogens with one attached hydrogen (secondary N) is 1. The molecular formula is C15H22BrNO. The lowest BCUT2D eigenvalue weighted by Gasteiger charge is -2.39. The molecule has 1 unspecified atom stereocenters. The zero-order valence-corrected chi connectivity index (χ0v) is 13.0. The van der Waals surface area contributed by atoms with Crippen LogP contribution in [0.4, 0.5) is 5.69 Å². The van der Waals surface area contributed by atoms with Crippen LogP contribution >= 0.6 is 15.9 Å². The van der Waals surface area contributed by atoms with Crippen molar-refractivity contribution in [2.45, 2.75) is 45.6 Å². The van der Waals surface area contributed by atoms with Crippen LogP contribution in [0, 0.1) is 5.41 Å². The van der Waals surface area contributed by atoms with Crippen LogP contribution < -0.4 is 10.1 Å². The summed E-state index contributed by atoms with van der Waals surface area (Å²) in [7, 11) is 1.70. The standard InChI is InChI=1S/C15H22BrNO/c1-15(2)7-5-4-6-14(15)17-12-8-11(16)9-13(10-12)18-3/h8-10,14,17H,4-7H2,1-3H3. The number of methoxy groups -OCH3 is 1. The van der Waals surface area contributed by atoms with Gasteiger partial charge < -0.3 is 10.1 Å². The molecule has 0 heterocycles. The average Bonchev–Trinajstić information content (AvgIpc) is 2.31. The maximum absolute atomic E-state index is 5.31. The highest BCUT2D eigenvalue weighted by Crippen LogP contribution is 2.38. The third kappa shape index (κ3) is 3.19. The van der Waals surface area contributed by atoms with Crippen LogP contribution in [-0.2, 0) is 0 Å². The molecule has 1 N–H and O–H groups in total. The van der Waals surface area contributed by atoms with Gasteiger partial charge in [-0.1, -0.05) is 42.6 Å². The van der Waals surface area contributed by atoms with Gasteiger partial charge in [-0.25, -0.2) is 0 Å². The first kappa shape index (κ1) is 13.7. The van der Waals surface area contributed by atoms with E-state index < -0.39 is 0 Å². The monoisotopic (exact) mass is 311 g/mol. The fraction of sp³-hybridized carbons (Fsp3) is 0.600. The summed E-state index contributed by atoms with van der Waals surface area (Å²) in [5, 5.41) is 3.68. The SMILES string of the molecule is COc1cc(Br)cc(NC2CCCCC2(C)C)c1. The van der Waals surface area contributed by atoms with E-state index in [1.54, 1.807) is 7.11 Å². The molecule has 2 nitrogen and oxygen atoms in total. The molecule has 1 aromatic rings. The minimum Gasteiger partial charge on any atom is -0.497 e. The van der Waals surface area contributed by atoms with Crippen LogP contribution in [0.15, 0.2) is 22.7 Å². The fourth-order valence-electron chi connectivity index (χ4n) is 2.73. The van der Waals surface area contributed by atoms with Crippen molar-refractivity contribution in [3.8, 4) is 5.75 Å². The fourth-order valence-corrected chi connectivity index (χ4v) is 3.20. The Bertz CT molecular complexity index is 417. The van der Waals surface area contributed by atoms with Crippen LogP contribution in [0.1, 0.15) is 39.5 Å². The smallest absolute Gasteiger partial charge is 0.122 e. The van der Waals surface area contributed by atoms with E-state index in [0.29, 0.717) is 11.5 Å². The molecule has 0 bridgehead atoms. The maximum atomic E-state index is 5.31. The molecule has 1 aliphatic rings. The predicted molar refractivity (Wildman–Crippen MR) is 80.4 cm³/mol. The number of benzene rings is 1.